The molecule has 0 aromatic heterocycles. The average Bonchev–Trinajstić information content (AvgIpc) is 2.38. The van der Waals surface area contributed by atoms with Gasteiger partial charge in [-0.3, -0.25) is 14.9 Å². The molecule has 0 fully saturated rings. The third-order valence-electron chi connectivity index (χ3n) is 3.01. The Kier molecular flexibility index (Phi) is 5.71. The average molecular weight is 343 g/mol. The van der Waals surface area contributed by atoms with Crippen molar-refractivity contribution in [1.82, 2.24) is 10.2 Å². The van der Waals surface area contributed by atoms with Crippen LogP contribution in [0.3, 0.4) is 0 Å². The van der Waals surface area contributed by atoms with Crippen LogP contribution in [0.4, 0.5) is 0 Å². The second kappa shape index (κ2) is 6.85. The fraction of sp³-hybridized carbons (Fsp3) is 0.429. The summed E-state index contributed by atoms with van der Waals surface area (Å²) in [5, 5.41) is 11.7. The van der Waals surface area contributed by atoms with Crippen LogP contribution in [-0.4, -0.2) is 41.0 Å². The van der Waals surface area contributed by atoms with E-state index in [-0.39, 0.29) is 12.5 Å². The number of halogens is 1. The minimum absolute atomic E-state index is 0.0136. The highest BCUT2D eigenvalue weighted by atomic mass is 79.9. The van der Waals surface area contributed by atoms with Crippen molar-refractivity contribution >= 4 is 27.8 Å². The van der Waals surface area contributed by atoms with Crippen LogP contribution in [0.1, 0.15) is 19.4 Å². The molecule has 0 atom stereocenters. The maximum atomic E-state index is 12.0. The monoisotopic (exact) mass is 342 g/mol. The van der Waals surface area contributed by atoms with E-state index in [0.29, 0.717) is 6.54 Å². The molecule has 1 aromatic carbocycles. The van der Waals surface area contributed by atoms with Crippen molar-refractivity contribution in [3.8, 4) is 0 Å². The Bertz CT molecular complexity index is 503. The van der Waals surface area contributed by atoms with Crippen LogP contribution >= 0.6 is 15.9 Å². The second-order valence-corrected chi connectivity index (χ2v) is 5.98. The first-order chi connectivity index (χ1) is 9.24. The summed E-state index contributed by atoms with van der Waals surface area (Å²) in [5.74, 6) is -1.14. The number of carboxylic acid groups (broad SMARTS) is 1. The van der Waals surface area contributed by atoms with Gasteiger partial charge in [-0.25, -0.2) is 0 Å². The molecule has 0 spiro atoms. The number of carboxylic acids is 1. The smallest absolute Gasteiger partial charge is 0.323 e. The third-order valence-corrected chi connectivity index (χ3v) is 3.78. The van der Waals surface area contributed by atoms with Crippen LogP contribution in [-0.2, 0) is 16.1 Å². The zero-order valence-electron chi connectivity index (χ0n) is 11.8. The molecule has 0 bridgehead atoms. The number of nitrogens with zero attached hydrogens (tertiary/aromatic N) is 1. The fourth-order valence-electron chi connectivity index (χ4n) is 1.48. The summed E-state index contributed by atoms with van der Waals surface area (Å²) < 4.78 is 0.943. The number of likely N-dealkylation sites (N-methyl/N-ethyl adjacent to an activating group) is 1. The number of amides is 1. The van der Waals surface area contributed by atoms with Crippen molar-refractivity contribution in [1.29, 1.82) is 0 Å². The number of benzene rings is 1. The van der Waals surface area contributed by atoms with E-state index in [0.717, 1.165) is 10.0 Å². The summed E-state index contributed by atoms with van der Waals surface area (Å²) >= 11 is 3.43. The lowest BCUT2D eigenvalue weighted by molar-refractivity contribution is -0.143. The molecule has 0 saturated heterocycles. The molecule has 1 rings (SSSR count). The summed E-state index contributed by atoms with van der Waals surface area (Å²) in [4.78, 5) is 24.5. The van der Waals surface area contributed by atoms with Crippen molar-refractivity contribution in [3.05, 3.63) is 34.3 Å². The van der Waals surface area contributed by atoms with Gasteiger partial charge in [0.1, 0.15) is 5.54 Å². The van der Waals surface area contributed by atoms with Crippen molar-refractivity contribution < 1.29 is 14.7 Å². The molecule has 5 nitrogen and oxygen atoms in total. The van der Waals surface area contributed by atoms with Crippen LogP contribution in [0.25, 0.3) is 0 Å². The van der Waals surface area contributed by atoms with E-state index in [2.05, 4.69) is 21.2 Å². The van der Waals surface area contributed by atoms with E-state index < -0.39 is 11.5 Å². The molecular weight excluding hydrogens is 324 g/mol. The van der Waals surface area contributed by atoms with E-state index in [1.165, 1.54) is 13.8 Å². The molecule has 0 aliphatic heterocycles. The molecule has 0 radical (unpaired) electrons. The highest BCUT2D eigenvalue weighted by Gasteiger charge is 2.27. The van der Waals surface area contributed by atoms with Gasteiger partial charge in [0.05, 0.1) is 6.54 Å². The van der Waals surface area contributed by atoms with Gasteiger partial charge in [-0.2, -0.15) is 0 Å². The van der Waals surface area contributed by atoms with E-state index in [1.807, 2.05) is 24.3 Å². The SMILES string of the molecule is CN(Cc1ccccc1Br)C(=O)CNC(C)(C)C(=O)O. The molecule has 0 unspecified atom stereocenters. The van der Waals surface area contributed by atoms with Crippen LogP contribution in [0.5, 0.6) is 0 Å². The van der Waals surface area contributed by atoms with Gasteiger partial charge in [0.25, 0.3) is 0 Å². The fourth-order valence-corrected chi connectivity index (χ4v) is 1.89. The lowest BCUT2D eigenvalue weighted by Crippen LogP contribution is -2.50. The molecule has 0 aliphatic carbocycles. The standard InChI is InChI=1S/C14H19BrN2O3/c1-14(2,13(19)20)16-8-12(18)17(3)9-10-6-4-5-7-11(10)15/h4-7,16H,8-9H2,1-3H3,(H,19,20). The molecule has 0 heterocycles. The predicted molar refractivity (Wildman–Crippen MR) is 80.3 cm³/mol. The maximum absolute atomic E-state index is 12.0. The van der Waals surface area contributed by atoms with Gasteiger partial charge < -0.3 is 10.0 Å². The number of nitrogens with one attached hydrogen (secondary N) is 1. The number of aliphatic carboxylic acids is 1. The Hall–Kier alpha value is -1.40. The van der Waals surface area contributed by atoms with Gasteiger partial charge in [0, 0.05) is 18.1 Å². The van der Waals surface area contributed by atoms with Gasteiger partial charge in [-0.15, -0.1) is 0 Å². The number of hydrogen-bond acceptors (Lipinski definition) is 3. The van der Waals surface area contributed by atoms with Gasteiger partial charge in [-0.1, -0.05) is 34.1 Å². The summed E-state index contributed by atoms with van der Waals surface area (Å²) in [6.07, 6.45) is 0. The van der Waals surface area contributed by atoms with E-state index in [1.54, 1.807) is 11.9 Å². The number of hydrogen-bond donors (Lipinski definition) is 2. The lowest BCUT2D eigenvalue weighted by Gasteiger charge is -2.23. The maximum Gasteiger partial charge on any atom is 0.323 e. The van der Waals surface area contributed by atoms with Gasteiger partial charge in [0.15, 0.2) is 0 Å². The Balaban J connectivity index is 2.56. The summed E-state index contributed by atoms with van der Waals surface area (Å²) in [6.45, 7) is 3.50. The summed E-state index contributed by atoms with van der Waals surface area (Å²) in [6, 6.07) is 7.67. The molecular formula is C14H19BrN2O3. The zero-order valence-corrected chi connectivity index (χ0v) is 13.4. The van der Waals surface area contributed by atoms with Gasteiger partial charge >= 0.3 is 5.97 Å². The summed E-state index contributed by atoms with van der Waals surface area (Å²) in [5.41, 5.74) is -0.120. The van der Waals surface area contributed by atoms with Crippen LogP contribution in [0.15, 0.2) is 28.7 Å². The Morgan fingerprint density at radius 1 is 1.35 bits per heavy atom. The van der Waals surface area contributed by atoms with Crippen LogP contribution < -0.4 is 5.32 Å². The van der Waals surface area contributed by atoms with Crippen molar-refractivity contribution in [2.24, 2.45) is 0 Å². The highest BCUT2D eigenvalue weighted by Crippen LogP contribution is 2.17. The van der Waals surface area contributed by atoms with Crippen molar-refractivity contribution in [2.45, 2.75) is 25.9 Å². The van der Waals surface area contributed by atoms with Crippen molar-refractivity contribution in [3.63, 3.8) is 0 Å². The molecule has 0 saturated carbocycles. The molecule has 110 valence electrons. The number of carbonyl (C=O) groups is 2. The minimum Gasteiger partial charge on any atom is -0.480 e. The molecule has 1 aromatic rings. The van der Waals surface area contributed by atoms with E-state index in [4.69, 9.17) is 5.11 Å². The Labute approximate surface area is 127 Å². The van der Waals surface area contributed by atoms with E-state index >= 15 is 0 Å². The molecule has 20 heavy (non-hydrogen) atoms. The Morgan fingerprint density at radius 3 is 2.50 bits per heavy atom. The highest BCUT2D eigenvalue weighted by molar-refractivity contribution is 9.10. The lowest BCUT2D eigenvalue weighted by atomic mass is 10.1. The first-order valence-corrected chi connectivity index (χ1v) is 6.99. The zero-order chi connectivity index (χ0) is 15.3. The second-order valence-electron chi connectivity index (χ2n) is 5.12. The molecule has 6 heteroatoms. The van der Waals surface area contributed by atoms with Crippen LogP contribution in [0.2, 0.25) is 0 Å². The number of carbonyl (C=O) groups excluding carboxylic acids is 1. The Morgan fingerprint density at radius 2 is 1.95 bits per heavy atom. The normalized spacial score (nSPS) is 11.2. The van der Waals surface area contributed by atoms with Crippen molar-refractivity contribution in [2.75, 3.05) is 13.6 Å². The van der Waals surface area contributed by atoms with E-state index in [9.17, 15) is 9.59 Å². The van der Waals surface area contributed by atoms with Gasteiger partial charge in [-0.05, 0) is 25.5 Å². The quantitative estimate of drug-likeness (QED) is 0.827. The largest absolute Gasteiger partial charge is 0.480 e. The van der Waals surface area contributed by atoms with Gasteiger partial charge in [0.2, 0.25) is 5.91 Å². The third kappa shape index (κ3) is 4.61. The summed E-state index contributed by atoms with van der Waals surface area (Å²) in [7, 11) is 1.69. The molecule has 2 N–H and O–H groups in total. The van der Waals surface area contributed by atoms with Crippen LogP contribution in [0, 0.1) is 0 Å². The number of rotatable bonds is 6. The molecule has 0 aliphatic rings. The minimum atomic E-state index is -1.12. The molecule has 1 amide bonds. The first kappa shape index (κ1) is 16.7. The topological polar surface area (TPSA) is 69.6 Å². The first-order valence-electron chi connectivity index (χ1n) is 6.20. The predicted octanol–water partition coefficient (Wildman–Crippen LogP) is 1.86.